The minimum atomic E-state index is 0.144. The van der Waals surface area contributed by atoms with E-state index in [1.165, 1.54) is 16.3 Å². The van der Waals surface area contributed by atoms with Crippen LogP contribution in [0.3, 0.4) is 0 Å². The molecule has 4 aromatic rings. The molecule has 0 spiro atoms. The second kappa shape index (κ2) is 7.76. The summed E-state index contributed by atoms with van der Waals surface area (Å²) in [5.41, 5.74) is 3.08. The summed E-state index contributed by atoms with van der Waals surface area (Å²) in [4.78, 5) is 24.0. The van der Waals surface area contributed by atoms with Crippen molar-refractivity contribution in [3.8, 4) is 10.6 Å². The molecule has 144 valence electrons. The van der Waals surface area contributed by atoms with Crippen LogP contribution in [0.15, 0.2) is 72.4 Å². The number of benzene rings is 2. The Kier molecular flexibility index (Phi) is 4.82. The van der Waals surface area contributed by atoms with Crippen molar-refractivity contribution in [2.45, 2.75) is 25.3 Å². The van der Waals surface area contributed by atoms with E-state index in [4.69, 9.17) is 0 Å². The van der Waals surface area contributed by atoms with Gasteiger partial charge in [-0.2, -0.15) is 0 Å². The summed E-state index contributed by atoms with van der Waals surface area (Å²) >= 11 is 1.56. The average Bonchev–Trinajstić information content (AvgIpc) is 3.44. The van der Waals surface area contributed by atoms with Crippen molar-refractivity contribution in [1.82, 2.24) is 14.9 Å². The Labute approximate surface area is 173 Å². The lowest BCUT2D eigenvalue weighted by molar-refractivity contribution is -0.131. The van der Waals surface area contributed by atoms with Gasteiger partial charge in [-0.15, -0.1) is 11.3 Å². The van der Waals surface area contributed by atoms with Crippen LogP contribution in [0, 0.1) is 0 Å². The number of likely N-dealkylation sites (tertiary alicyclic amines) is 1. The molecule has 1 fully saturated rings. The molecule has 0 bridgehead atoms. The van der Waals surface area contributed by atoms with E-state index < -0.39 is 0 Å². The van der Waals surface area contributed by atoms with Crippen molar-refractivity contribution in [2.75, 3.05) is 6.54 Å². The van der Waals surface area contributed by atoms with E-state index in [9.17, 15) is 4.79 Å². The third-order valence-electron chi connectivity index (χ3n) is 5.55. The number of carbonyl (C=O) groups excluding carboxylic acids is 1. The number of rotatable bonds is 4. The minimum absolute atomic E-state index is 0.144. The minimum Gasteiger partial charge on any atom is -0.335 e. The molecule has 1 unspecified atom stereocenters. The van der Waals surface area contributed by atoms with Gasteiger partial charge in [-0.25, -0.2) is 4.98 Å². The highest BCUT2D eigenvalue weighted by molar-refractivity contribution is 7.13. The van der Waals surface area contributed by atoms with Crippen molar-refractivity contribution >= 4 is 28.0 Å². The molecule has 1 aliphatic heterocycles. The normalized spacial score (nSPS) is 16.4. The van der Waals surface area contributed by atoms with Gasteiger partial charge < -0.3 is 4.90 Å². The maximum absolute atomic E-state index is 13.2. The van der Waals surface area contributed by atoms with Crippen LogP contribution in [-0.4, -0.2) is 27.3 Å². The third-order valence-corrected chi connectivity index (χ3v) is 6.49. The van der Waals surface area contributed by atoms with Gasteiger partial charge in [0.15, 0.2) is 0 Å². The predicted molar refractivity (Wildman–Crippen MR) is 117 cm³/mol. The standard InChI is InChI=1S/C24H21N3OS/c28-23(14-19-16-29-24(26-19)18-8-4-12-25-15-18)27-13-5-11-22(27)21-10-3-7-17-6-1-2-9-20(17)21/h1-4,6-10,12,15-16,22H,5,11,13-14H2. The zero-order chi connectivity index (χ0) is 19.6. The number of aromatic nitrogens is 2. The zero-order valence-electron chi connectivity index (χ0n) is 16.0. The van der Waals surface area contributed by atoms with E-state index in [0.717, 1.165) is 35.7 Å². The molecule has 1 saturated heterocycles. The van der Waals surface area contributed by atoms with E-state index >= 15 is 0 Å². The Bertz CT molecular complexity index is 1150. The van der Waals surface area contributed by atoms with Crippen molar-refractivity contribution in [3.05, 3.63) is 83.6 Å². The smallest absolute Gasteiger partial charge is 0.229 e. The number of nitrogens with zero attached hydrogens (tertiary/aromatic N) is 3. The first kappa shape index (κ1) is 18.0. The van der Waals surface area contributed by atoms with Crippen molar-refractivity contribution in [2.24, 2.45) is 0 Å². The largest absolute Gasteiger partial charge is 0.335 e. The average molecular weight is 400 g/mol. The summed E-state index contributed by atoms with van der Waals surface area (Å²) in [5.74, 6) is 0.156. The molecule has 5 heteroatoms. The fourth-order valence-electron chi connectivity index (χ4n) is 4.20. The molecule has 2 aromatic heterocycles. The molecular weight excluding hydrogens is 378 g/mol. The lowest BCUT2D eigenvalue weighted by atomic mass is 9.97. The third kappa shape index (κ3) is 3.54. The molecule has 5 rings (SSSR count). The first-order valence-electron chi connectivity index (χ1n) is 9.91. The van der Waals surface area contributed by atoms with E-state index in [-0.39, 0.29) is 11.9 Å². The summed E-state index contributed by atoms with van der Waals surface area (Å²) in [7, 11) is 0. The molecule has 0 saturated carbocycles. The fourth-order valence-corrected chi connectivity index (χ4v) is 5.01. The van der Waals surface area contributed by atoms with Crippen LogP contribution in [0.2, 0.25) is 0 Å². The molecule has 29 heavy (non-hydrogen) atoms. The van der Waals surface area contributed by atoms with E-state index in [0.29, 0.717) is 6.42 Å². The summed E-state index contributed by atoms with van der Waals surface area (Å²) in [6, 6.07) is 18.9. The van der Waals surface area contributed by atoms with Gasteiger partial charge in [0.05, 0.1) is 18.2 Å². The summed E-state index contributed by atoms with van der Waals surface area (Å²) in [6.45, 7) is 0.812. The maximum Gasteiger partial charge on any atom is 0.229 e. The first-order valence-corrected chi connectivity index (χ1v) is 10.8. The van der Waals surface area contributed by atoms with Crippen LogP contribution in [-0.2, 0) is 11.2 Å². The van der Waals surface area contributed by atoms with Gasteiger partial charge in [0, 0.05) is 29.9 Å². The van der Waals surface area contributed by atoms with Crippen LogP contribution in [0.1, 0.15) is 30.1 Å². The SMILES string of the molecule is O=C(Cc1csc(-c2cccnc2)n1)N1CCCC1c1cccc2ccccc12. The lowest BCUT2D eigenvalue weighted by Crippen LogP contribution is -2.32. The predicted octanol–water partition coefficient (Wildman–Crippen LogP) is 5.26. The Morgan fingerprint density at radius 1 is 1.10 bits per heavy atom. The van der Waals surface area contributed by atoms with Crippen LogP contribution < -0.4 is 0 Å². The molecule has 0 radical (unpaired) electrons. The Hall–Kier alpha value is -3.05. The van der Waals surface area contributed by atoms with Gasteiger partial charge in [0.1, 0.15) is 5.01 Å². The number of thiazole rings is 1. The zero-order valence-corrected chi connectivity index (χ0v) is 16.8. The van der Waals surface area contributed by atoms with Gasteiger partial charge in [-0.05, 0) is 41.3 Å². The van der Waals surface area contributed by atoms with Crippen LogP contribution in [0.25, 0.3) is 21.3 Å². The summed E-state index contributed by atoms with van der Waals surface area (Å²) in [5, 5.41) is 5.37. The maximum atomic E-state index is 13.2. The second-order valence-electron chi connectivity index (χ2n) is 7.38. The molecular formula is C24H21N3OS. The van der Waals surface area contributed by atoms with Gasteiger partial charge >= 0.3 is 0 Å². The highest BCUT2D eigenvalue weighted by Gasteiger charge is 2.31. The molecule has 0 N–H and O–H groups in total. The van der Waals surface area contributed by atoms with Crippen molar-refractivity contribution in [1.29, 1.82) is 0 Å². The second-order valence-corrected chi connectivity index (χ2v) is 8.23. The van der Waals surface area contributed by atoms with Crippen LogP contribution in [0.4, 0.5) is 0 Å². The first-order chi connectivity index (χ1) is 14.3. The van der Waals surface area contributed by atoms with Gasteiger partial charge in [0.25, 0.3) is 0 Å². The highest BCUT2D eigenvalue weighted by Crippen LogP contribution is 2.36. The molecule has 4 nitrogen and oxygen atoms in total. The van der Waals surface area contributed by atoms with Crippen molar-refractivity contribution in [3.63, 3.8) is 0 Å². The van der Waals surface area contributed by atoms with E-state index in [1.54, 1.807) is 23.7 Å². The number of carbonyl (C=O) groups is 1. The van der Waals surface area contributed by atoms with Gasteiger partial charge in [0.2, 0.25) is 5.91 Å². The van der Waals surface area contributed by atoms with Crippen LogP contribution >= 0.6 is 11.3 Å². The molecule has 1 amide bonds. The molecule has 2 aromatic carbocycles. The molecule has 1 aliphatic rings. The van der Waals surface area contributed by atoms with E-state index in [1.807, 2.05) is 22.4 Å². The Morgan fingerprint density at radius 2 is 2.00 bits per heavy atom. The van der Waals surface area contributed by atoms with Crippen LogP contribution in [0.5, 0.6) is 0 Å². The number of fused-ring (bicyclic) bond motifs is 1. The van der Waals surface area contributed by atoms with Gasteiger partial charge in [-0.3, -0.25) is 9.78 Å². The van der Waals surface area contributed by atoms with Gasteiger partial charge in [-0.1, -0.05) is 42.5 Å². The highest BCUT2D eigenvalue weighted by atomic mass is 32.1. The quantitative estimate of drug-likeness (QED) is 0.470. The number of hydrogen-bond acceptors (Lipinski definition) is 4. The lowest BCUT2D eigenvalue weighted by Gasteiger charge is -2.26. The Balaban J connectivity index is 1.38. The number of amides is 1. The van der Waals surface area contributed by atoms with Crippen molar-refractivity contribution < 1.29 is 4.79 Å². The number of pyridine rings is 1. The topological polar surface area (TPSA) is 46.1 Å². The van der Waals surface area contributed by atoms with E-state index in [2.05, 4.69) is 52.4 Å². The molecule has 3 heterocycles. The monoisotopic (exact) mass is 399 g/mol. The molecule has 1 atom stereocenters. The summed E-state index contributed by atoms with van der Waals surface area (Å²) < 4.78 is 0. The Morgan fingerprint density at radius 3 is 2.90 bits per heavy atom. The number of hydrogen-bond donors (Lipinski definition) is 0. The fraction of sp³-hybridized carbons (Fsp3) is 0.208. The summed E-state index contributed by atoms with van der Waals surface area (Å²) in [6.07, 6.45) is 5.96. The molecule has 0 aliphatic carbocycles.